The molecule has 3 rings (SSSR count). The predicted octanol–water partition coefficient (Wildman–Crippen LogP) is 5.62. The molecule has 0 aliphatic carbocycles. The van der Waals surface area contributed by atoms with E-state index >= 15 is 0 Å². The number of nitrogens with one attached hydrogen (secondary N) is 1. The molecule has 1 atom stereocenters. The lowest BCUT2D eigenvalue weighted by molar-refractivity contribution is 0.0916. The van der Waals surface area contributed by atoms with Crippen molar-refractivity contribution >= 4 is 34.0 Å². The molecular weight excluding hydrogens is 450 g/mol. The summed E-state index contributed by atoms with van der Waals surface area (Å²) in [6.45, 7) is 2.16. The molecule has 1 aromatic heterocycles. The molecule has 31 heavy (non-hydrogen) atoms. The maximum atomic E-state index is 13.5. The Bertz CT molecular complexity index is 1040. The number of nitrogens with zero attached hydrogens (tertiary/aromatic N) is 1. The molecule has 164 valence electrons. The molecule has 10 heteroatoms. The van der Waals surface area contributed by atoms with Gasteiger partial charge in [-0.1, -0.05) is 0 Å². The zero-order valence-electron chi connectivity index (χ0n) is 16.7. The van der Waals surface area contributed by atoms with E-state index in [-0.39, 0.29) is 29.0 Å². The Morgan fingerprint density at radius 2 is 1.94 bits per heavy atom. The number of amides is 1. The number of alkyl halides is 1. The van der Waals surface area contributed by atoms with Gasteiger partial charge in [0, 0.05) is 30.7 Å². The van der Waals surface area contributed by atoms with Crippen LogP contribution < -0.4 is 14.8 Å². The Labute approximate surface area is 186 Å². The van der Waals surface area contributed by atoms with Crippen LogP contribution in [0.3, 0.4) is 0 Å². The maximum absolute atomic E-state index is 13.5. The number of benzene rings is 2. The first-order valence-corrected chi connectivity index (χ1v) is 10.5. The third kappa shape index (κ3) is 6.36. The van der Waals surface area contributed by atoms with Gasteiger partial charge in [-0.15, -0.1) is 22.9 Å². The number of halogens is 3. The highest BCUT2D eigenvalue weighted by molar-refractivity contribution is 7.14. The van der Waals surface area contributed by atoms with Crippen LogP contribution in [0.4, 0.5) is 13.9 Å². The zero-order chi connectivity index (χ0) is 22.4. The summed E-state index contributed by atoms with van der Waals surface area (Å²) in [6, 6.07) is 7.31. The third-order valence-corrected chi connectivity index (χ3v) is 4.99. The highest BCUT2D eigenvalue weighted by Crippen LogP contribution is 2.31. The van der Waals surface area contributed by atoms with Gasteiger partial charge in [-0.05, 0) is 25.1 Å². The summed E-state index contributed by atoms with van der Waals surface area (Å²) < 4.78 is 43.5. The number of ether oxygens (including phenoxy) is 3. The van der Waals surface area contributed by atoms with Crippen molar-refractivity contribution < 1.29 is 27.8 Å². The van der Waals surface area contributed by atoms with Crippen LogP contribution in [-0.2, 0) is 10.6 Å². The number of hydrogen-bond acceptors (Lipinski definition) is 6. The minimum absolute atomic E-state index is 0.0865. The van der Waals surface area contributed by atoms with Gasteiger partial charge >= 0.3 is 0 Å². The largest absolute Gasteiger partial charge is 0.488 e. The van der Waals surface area contributed by atoms with Crippen LogP contribution in [-0.4, -0.2) is 30.7 Å². The lowest BCUT2D eigenvalue weighted by Gasteiger charge is -2.16. The number of rotatable bonds is 9. The van der Waals surface area contributed by atoms with Gasteiger partial charge in [0.05, 0.1) is 23.7 Å². The number of carbonyl (C=O) groups excluding carboxylic acids is 1. The predicted molar refractivity (Wildman–Crippen MR) is 114 cm³/mol. The molecule has 0 saturated carbocycles. The summed E-state index contributed by atoms with van der Waals surface area (Å²) in [7, 11) is 1.55. The Balaban J connectivity index is 1.91. The monoisotopic (exact) mass is 468 g/mol. The van der Waals surface area contributed by atoms with Crippen molar-refractivity contribution in [2.24, 2.45) is 0 Å². The van der Waals surface area contributed by atoms with E-state index in [1.807, 2.05) is 6.92 Å². The molecule has 0 aliphatic heterocycles. The third-order valence-electron chi connectivity index (χ3n) is 3.91. The lowest BCUT2D eigenvalue weighted by atomic mass is 10.1. The van der Waals surface area contributed by atoms with Crippen molar-refractivity contribution in [2.45, 2.75) is 18.9 Å². The molecule has 0 saturated heterocycles. The van der Waals surface area contributed by atoms with E-state index in [2.05, 4.69) is 10.3 Å². The maximum Gasteiger partial charge on any atom is 0.261 e. The zero-order valence-corrected chi connectivity index (χ0v) is 18.2. The summed E-state index contributed by atoms with van der Waals surface area (Å²) >= 11 is 6.97. The van der Waals surface area contributed by atoms with Gasteiger partial charge in [0.15, 0.2) is 5.13 Å². The lowest BCUT2D eigenvalue weighted by Crippen LogP contribution is -2.19. The van der Waals surface area contributed by atoms with E-state index in [0.717, 1.165) is 18.2 Å². The van der Waals surface area contributed by atoms with Crippen LogP contribution >= 0.6 is 22.9 Å². The van der Waals surface area contributed by atoms with Crippen molar-refractivity contribution in [3.63, 3.8) is 0 Å². The average Bonchev–Trinajstić information content (AvgIpc) is 3.16. The minimum Gasteiger partial charge on any atom is -0.488 e. The van der Waals surface area contributed by atoms with Crippen molar-refractivity contribution in [1.29, 1.82) is 0 Å². The van der Waals surface area contributed by atoms with Gasteiger partial charge < -0.3 is 14.2 Å². The van der Waals surface area contributed by atoms with Gasteiger partial charge in [0.1, 0.15) is 35.0 Å². The van der Waals surface area contributed by atoms with Gasteiger partial charge in [0.2, 0.25) is 0 Å². The molecular formula is C21H19ClF2N2O4S. The topological polar surface area (TPSA) is 69.7 Å². The molecule has 2 aromatic carbocycles. The normalized spacial score (nSPS) is 11.8. The van der Waals surface area contributed by atoms with Crippen molar-refractivity contribution in [1.82, 2.24) is 4.98 Å². The van der Waals surface area contributed by atoms with Gasteiger partial charge in [-0.3, -0.25) is 10.1 Å². The van der Waals surface area contributed by atoms with Crippen molar-refractivity contribution in [3.8, 4) is 17.2 Å². The van der Waals surface area contributed by atoms with E-state index in [9.17, 15) is 13.6 Å². The van der Waals surface area contributed by atoms with E-state index < -0.39 is 17.5 Å². The van der Waals surface area contributed by atoms with Crippen LogP contribution in [0, 0.1) is 11.6 Å². The standard InChI is InChI=1S/C21H19ClF2N2O4S/c1-12(10-28-2)29-16-3-4-19(30-17-6-13(23)5-14(24)7-17)18(8-16)20(27)26-21-25-15(9-22)11-31-21/h3-8,11-12H,9-10H2,1-2H3,(H,25,26,27)/t12-/m0/s1. The summed E-state index contributed by atoms with van der Waals surface area (Å²) in [4.78, 5) is 17.1. The molecule has 1 N–H and O–H groups in total. The first kappa shape index (κ1) is 22.9. The van der Waals surface area contributed by atoms with Crippen molar-refractivity contribution in [3.05, 3.63) is 64.7 Å². The van der Waals surface area contributed by atoms with E-state index in [0.29, 0.717) is 23.2 Å². The molecule has 1 heterocycles. The van der Waals surface area contributed by atoms with Crippen LogP contribution in [0.25, 0.3) is 0 Å². The number of hydrogen-bond donors (Lipinski definition) is 1. The second-order valence-corrected chi connectivity index (χ2v) is 7.61. The first-order valence-electron chi connectivity index (χ1n) is 9.13. The fraction of sp³-hybridized carbons (Fsp3) is 0.238. The number of carbonyl (C=O) groups is 1. The van der Waals surface area contributed by atoms with Gasteiger partial charge in [-0.2, -0.15) is 0 Å². The Morgan fingerprint density at radius 3 is 2.58 bits per heavy atom. The summed E-state index contributed by atoms with van der Waals surface area (Å²) in [5.74, 6) is -1.53. The molecule has 6 nitrogen and oxygen atoms in total. The number of thiazole rings is 1. The summed E-state index contributed by atoms with van der Waals surface area (Å²) in [6.07, 6.45) is -0.268. The van der Waals surface area contributed by atoms with Crippen LogP contribution in [0.15, 0.2) is 41.8 Å². The fourth-order valence-corrected chi connectivity index (χ4v) is 3.59. The number of methoxy groups -OCH3 is 1. The van der Waals surface area contributed by atoms with E-state index in [4.69, 9.17) is 25.8 Å². The van der Waals surface area contributed by atoms with E-state index in [1.54, 1.807) is 18.6 Å². The highest BCUT2D eigenvalue weighted by atomic mass is 35.5. The number of aromatic nitrogens is 1. The van der Waals surface area contributed by atoms with Crippen molar-refractivity contribution in [2.75, 3.05) is 19.0 Å². The molecule has 0 aliphatic rings. The Kier molecular flexibility index (Phi) is 7.78. The first-order chi connectivity index (χ1) is 14.9. The molecule has 0 spiro atoms. The summed E-state index contributed by atoms with van der Waals surface area (Å²) in [5.41, 5.74) is 0.716. The van der Waals surface area contributed by atoms with Crippen LogP contribution in [0.2, 0.25) is 0 Å². The van der Waals surface area contributed by atoms with Gasteiger partial charge in [-0.25, -0.2) is 13.8 Å². The second-order valence-electron chi connectivity index (χ2n) is 6.48. The van der Waals surface area contributed by atoms with Gasteiger partial charge in [0.25, 0.3) is 5.91 Å². The average molecular weight is 469 g/mol. The number of anilines is 1. The smallest absolute Gasteiger partial charge is 0.261 e. The fourth-order valence-electron chi connectivity index (χ4n) is 2.65. The van der Waals surface area contributed by atoms with Crippen LogP contribution in [0.5, 0.6) is 17.2 Å². The Hall–Kier alpha value is -2.75. The quantitative estimate of drug-likeness (QED) is 0.413. The molecule has 1 amide bonds. The SMILES string of the molecule is COC[C@H](C)Oc1ccc(Oc2cc(F)cc(F)c2)c(C(=O)Nc2nc(CCl)cs2)c1. The summed E-state index contributed by atoms with van der Waals surface area (Å²) in [5, 5.41) is 4.74. The Morgan fingerprint density at radius 1 is 1.19 bits per heavy atom. The second kappa shape index (κ2) is 10.5. The highest BCUT2D eigenvalue weighted by Gasteiger charge is 2.18. The molecule has 0 unspecified atom stereocenters. The molecule has 0 radical (unpaired) electrons. The van der Waals surface area contributed by atoms with Crippen LogP contribution in [0.1, 0.15) is 23.0 Å². The van der Waals surface area contributed by atoms with E-state index in [1.165, 1.54) is 23.5 Å². The molecule has 3 aromatic rings. The molecule has 0 fully saturated rings. The minimum atomic E-state index is -0.800. The molecule has 0 bridgehead atoms.